The number of nitrogens with zero attached hydrogens (tertiary/aromatic N) is 4. The minimum Gasteiger partial charge on any atom is -0.309 e. The Labute approximate surface area is 362 Å². The van der Waals surface area contributed by atoms with Crippen LogP contribution >= 0.6 is 11.3 Å². The number of benzene rings is 9. The Morgan fingerprint density at radius 1 is 0.290 bits per heavy atom. The van der Waals surface area contributed by atoms with Crippen LogP contribution < -0.4 is 0 Å². The van der Waals surface area contributed by atoms with Crippen LogP contribution in [-0.2, 0) is 0 Å². The van der Waals surface area contributed by atoms with Crippen molar-refractivity contribution in [3.63, 3.8) is 0 Å². The van der Waals surface area contributed by atoms with Crippen molar-refractivity contribution >= 4 is 53.3 Å². The van der Waals surface area contributed by atoms with E-state index in [1.54, 1.807) is 0 Å². The summed E-state index contributed by atoms with van der Waals surface area (Å²) in [5.41, 5.74) is 12.8. The van der Waals surface area contributed by atoms with Crippen LogP contribution in [0.25, 0.3) is 115 Å². The fraction of sp³-hybridized carbons (Fsp3) is 0. The zero-order chi connectivity index (χ0) is 41.0. The van der Waals surface area contributed by atoms with E-state index in [0.29, 0.717) is 17.5 Å². The van der Waals surface area contributed by atoms with Crippen LogP contribution in [0.2, 0.25) is 0 Å². The summed E-state index contributed by atoms with van der Waals surface area (Å²) in [6, 6.07) is 77.5. The van der Waals surface area contributed by atoms with Gasteiger partial charge < -0.3 is 4.57 Å². The van der Waals surface area contributed by atoms with Crippen LogP contribution in [0.1, 0.15) is 0 Å². The van der Waals surface area contributed by atoms with Gasteiger partial charge in [-0.25, -0.2) is 15.0 Å². The van der Waals surface area contributed by atoms with Gasteiger partial charge in [0.2, 0.25) is 0 Å². The second-order valence-electron chi connectivity index (χ2n) is 15.6. The topological polar surface area (TPSA) is 43.6 Å². The molecule has 0 N–H and O–H groups in total. The molecule has 0 aliphatic rings. The molecule has 0 saturated carbocycles. The summed E-state index contributed by atoms with van der Waals surface area (Å²) in [5, 5.41) is 5.00. The molecule has 0 unspecified atom stereocenters. The van der Waals surface area contributed by atoms with Gasteiger partial charge >= 0.3 is 0 Å². The van der Waals surface area contributed by atoms with Gasteiger partial charge in [0.1, 0.15) is 0 Å². The SMILES string of the molecule is c1ccc(-c2cccc(-c3nc(-c4cccc(-c5ccc6c(c5)sc5ccccc56)c4)nc(-c4ccc(-c5ccccc5)c(-n5c6ccccc6c6ccccc65)c4)n3)c2)cc1. The lowest BCUT2D eigenvalue weighted by molar-refractivity contribution is 1.07. The standard InChI is InChI=1S/C57H36N4S/c1-3-15-37(16-4-1)39-19-13-21-42(33-39)55-58-56(43-22-14-20-40(34-43)41-29-32-49-48-25-9-12-28-53(48)62-54(49)36-41)60-57(59-55)44-30-31-45(38-17-5-2-6-18-38)52(35-44)61-50-26-10-7-23-46(50)47-24-8-11-27-51(47)61/h1-36H. The van der Waals surface area contributed by atoms with Crippen molar-refractivity contribution in [1.29, 1.82) is 0 Å². The zero-order valence-electron chi connectivity index (χ0n) is 33.5. The molecule has 0 radical (unpaired) electrons. The summed E-state index contributed by atoms with van der Waals surface area (Å²) in [7, 11) is 0. The zero-order valence-corrected chi connectivity index (χ0v) is 34.3. The highest BCUT2D eigenvalue weighted by molar-refractivity contribution is 7.25. The van der Waals surface area contributed by atoms with E-state index >= 15 is 0 Å². The molecule has 62 heavy (non-hydrogen) atoms. The lowest BCUT2D eigenvalue weighted by Gasteiger charge is -2.16. The summed E-state index contributed by atoms with van der Waals surface area (Å²) in [4.78, 5) is 15.8. The molecular formula is C57H36N4S. The number of para-hydroxylation sites is 2. The minimum absolute atomic E-state index is 0.605. The number of hydrogen-bond donors (Lipinski definition) is 0. The highest BCUT2D eigenvalue weighted by Gasteiger charge is 2.19. The Hall–Kier alpha value is -7.99. The largest absolute Gasteiger partial charge is 0.309 e. The third-order valence-electron chi connectivity index (χ3n) is 11.9. The van der Waals surface area contributed by atoms with Crippen LogP contribution in [0.15, 0.2) is 218 Å². The smallest absolute Gasteiger partial charge is 0.164 e. The summed E-state index contributed by atoms with van der Waals surface area (Å²) >= 11 is 1.84. The van der Waals surface area contributed by atoms with Crippen molar-refractivity contribution in [3.05, 3.63) is 218 Å². The van der Waals surface area contributed by atoms with E-state index in [1.165, 1.54) is 30.9 Å². The van der Waals surface area contributed by atoms with Gasteiger partial charge in [-0.15, -0.1) is 11.3 Å². The normalized spacial score (nSPS) is 11.5. The van der Waals surface area contributed by atoms with Gasteiger partial charge in [0.25, 0.3) is 0 Å². The maximum absolute atomic E-state index is 5.31. The van der Waals surface area contributed by atoms with Gasteiger partial charge in [0, 0.05) is 53.2 Å². The summed E-state index contributed by atoms with van der Waals surface area (Å²) in [6.45, 7) is 0. The summed E-state index contributed by atoms with van der Waals surface area (Å²) in [5.74, 6) is 1.84. The van der Waals surface area contributed by atoms with Crippen molar-refractivity contribution in [2.24, 2.45) is 0 Å². The first-order valence-electron chi connectivity index (χ1n) is 20.8. The van der Waals surface area contributed by atoms with Crippen molar-refractivity contribution in [3.8, 4) is 73.2 Å². The Balaban J connectivity index is 1.06. The Kier molecular flexibility index (Phi) is 8.65. The van der Waals surface area contributed by atoms with Crippen LogP contribution in [0.3, 0.4) is 0 Å². The van der Waals surface area contributed by atoms with Crippen molar-refractivity contribution in [2.45, 2.75) is 0 Å². The van der Waals surface area contributed by atoms with E-state index < -0.39 is 0 Å². The lowest BCUT2D eigenvalue weighted by atomic mass is 10.00. The maximum Gasteiger partial charge on any atom is 0.164 e. The summed E-state index contributed by atoms with van der Waals surface area (Å²) in [6.07, 6.45) is 0. The average molecular weight is 809 g/mol. The average Bonchev–Trinajstić information content (AvgIpc) is 3.90. The summed E-state index contributed by atoms with van der Waals surface area (Å²) < 4.78 is 4.96. The Morgan fingerprint density at radius 2 is 0.742 bits per heavy atom. The number of hydrogen-bond acceptors (Lipinski definition) is 4. The number of rotatable bonds is 7. The van der Waals surface area contributed by atoms with Gasteiger partial charge in [0.05, 0.1) is 16.7 Å². The number of fused-ring (bicyclic) bond motifs is 6. The number of thiophene rings is 1. The Morgan fingerprint density at radius 3 is 1.39 bits per heavy atom. The van der Waals surface area contributed by atoms with Crippen LogP contribution in [0.4, 0.5) is 0 Å². The fourth-order valence-electron chi connectivity index (χ4n) is 8.87. The number of aromatic nitrogens is 4. The molecule has 9 aromatic carbocycles. The molecular weight excluding hydrogens is 773 g/mol. The van der Waals surface area contributed by atoms with Gasteiger partial charge in [-0.05, 0) is 70.3 Å². The monoisotopic (exact) mass is 808 g/mol. The molecule has 5 heteroatoms. The molecule has 290 valence electrons. The first-order valence-corrected chi connectivity index (χ1v) is 21.7. The highest BCUT2D eigenvalue weighted by atomic mass is 32.1. The van der Waals surface area contributed by atoms with E-state index in [2.05, 4.69) is 217 Å². The van der Waals surface area contributed by atoms with E-state index in [9.17, 15) is 0 Å². The molecule has 0 bridgehead atoms. The Bertz CT molecular complexity index is 3590. The lowest BCUT2D eigenvalue weighted by Crippen LogP contribution is -2.02. The molecule has 0 saturated heterocycles. The third-order valence-corrected chi connectivity index (χ3v) is 13.0. The van der Waals surface area contributed by atoms with Crippen LogP contribution in [0, 0.1) is 0 Å². The van der Waals surface area contributed by atoms with Gasteiger partial charge in [0.15, 0.2) is 17.5 Å². The molecule has 0 aliphatic carbocycles. The van der Waals surface area contributed by atoms with E-state index in [4.69, 9.17) is 15.0 Å². The van der Waals surface area contributed by atoms with Crippen molar-refractivity contribution in [1.82, 2.24) is 19.5 Å². The van der Waals surface area contributed by atoms with Gasteiger partial charge in [-0.2, -0.15) is 0 Å². The highest BCUT2D eigenvalue weighted by Crippen LogP contribution is 2.40. The second kappa shape index (κ2) is 14.9. The fourth-order valence-corrected chi connectivity index (χ4v) is 10.0. The van der Waals surface area contributed by atoms with Crippen molar-refractivity contribution in [2.75, 3.05) is 0 Å². The molecule has 3 aromatic heterocycles. The molecule has 4 nitrogen and oxygen atoms in total. The molecule has 3 heterocycles. The first-order chi connectivity index (χ1) is 30.7. The second-order valence-corrected chi connectivity index (χ2v) is 16.7. The third kappa shape index (κ3) is 6.26. The molecule has 0 atom stereocenters. The molecule has 12 rings (SSSR count). The minimum atomic E-state index is 0.605. The van der Waals surface area contributed by atoms with E-state index in [-0.39, 0.29) is 0 Å². The maximum atomic E-state index is 5.31. The molecule has 12 aromatic rings. The molecule has 0 spiro atoms. The van der Waals surface area contributed by atoms with Crippen LogP contribution in [-0.4, -0.2) is 19.5 Å². The predicted molar refractivity (Wildman–Crippen MR) is 260 cm³/mol. The van der Waals surface area contributed by atoms with E-state index in [1.807, 2.05) is 17.4 Å². The quantitative estimate of drug-likeness (QED) is 0.161. The molecule has 0 amide bonds. The van der Waals surface area contributed by atoms with Gasteiger partial charge in [-0.1, -0.05) is 176 Å². The van der Waals surface area contributed by atoms with E-state index in [0.717, 1.165) is 66.8 Å². The van der Waals surface area contributed by atoms with Crippen LogP contribution in [0.5, 0.6) is 0 Å². The predicted octanol–water partition coefficient (Wildman–Crippen LogP) is 15.3. The first kappa shape index (κ1) is 35.9. The van der Waals surface area contributed by atoms with Crippen molar-refractivity contribution < 1.29 is 0 Å². The molecule has 0 aliphatic heterocycles. The van der Waals surface area contributed by atoms with Gasteiger partial charge in [-0.3, -0.25) is 0 Å². The molecule has 0 fully saturated rings.